The molecule has 1 fully saturated rings. The van der Waals surface area contributed by atoms with E-state index in [1.807, 2.05) is 6.92 Å². The van der Waals surface area contributed by atoms with Crippen molar-refractivity contribution in [2.45, 2.75) is 19.5 Å². The molecule has 4 aromatic rings. The van der Waals surface area contributed by atoms with Crippen molar-refractivity contribution in [3.63, 3.8) is 0 Å². The molecule has 5 rings (SSSR count). The second-order valence-corrected chi connectivity index (χ2v) is 8.57. The highest BCUT2D eigenvalue weighted by molar-refractivity contribution is 6.27. The molecule has 1 saturated heterocycles. The number of carbonyl (C=O) groups is 2. The quantitative estimate of drug-likeness (QED) is 0.256. The zero-order valence-electron chi connectivity index (χ0n) is 20.6. The van der Waals surface area contributed by atoms with Crippen molar-refractivity contribution in [2.24, 2.45) is 0 Å². The highest BCUT2D eigenvalue weighted by atomic mass is 19.4. The number of nitrogens with one attached hydrogen (secondary N) is 1. The van der Waals surface area contributed by atoms with Crippen LogP contribution in [0.4, 0.5) is 45.2 Å². The van der Waals surface area contributed by atoms with Crippen LogP contribution in [0.15, 0.2) is 55.1 Å². The van der Waals surface area contributed by atoms with Gasteiger partial charge in [-0.2, -0.15) is 13.2 Å². The summed E-state index contributed by atoms with van der Waals surface area (Å²) in [6, 6.07) is 7.48. The molecule has 200 valence electrons. The Morgan fingerprint density at radius 1 is 1.05 bits per heavy atom. The van der Waals surface area contributed by atoms with Crippen LogP contribution in [0.1, 0.15) is 18.1 Å². The first-order valence-corrected chi connectivity index (χ1v) is 11.7. The molecule has 3 heterocycles. The fraction of sp³-hybridized carbons (Fsp3) is 0.192. The van der Waals surface area contributed by atoms with Gasteiger partial charge in [-0.25, -0.2) is 24.1 Å². The average molecular weight is 540 g/mol. The molecule has 0 bridgehead atoms. The Bertz CT molecular complexity index is 1610. The van der Waals surface area contributed by atoms with Crippen molar-refractivity contribution in [3.05, 3.63) is 72.1 Å². The fourth-order valence-corrected chi connectivity index (χ4v) is 4.28. The molecule has 0 saturated carbocycles. The largest absolute Gasteiger partial charge is 0.497 e. The molecule has 1 aliphatic heterocycles. The molecule has 39 heavy (non-hydrogen) atoms. The van der Waals surface area contributed by atoms with Gasteiger partial charge in [-0.15, -0.1) is 0 Å². The number of ether oxygens (including phenoxy) is 1. The van der Waals surface area contributed by atoms with Gasteiger partial charge in [0, 0.05) is 24.0 Å². The predicted octanol–water partition coefficient (Wildman–Crippen LogP) is 5.47. The molecule has 13 heteroatoms. The highest BCUT2D eigenvalue weighted by Crippen LogP contribution is 2.35. The van der Waals surface area contributed by atoms with Crippen molar-refractivity contribution < 1.29 is 31.9 Å². The smallest absolute Gasteiger partial charge is 0.417 e. The zero-order valence-corrected chi connectivity index (χ0v) is 20.6. The summed E-state index contributed by atoms with van der Waals surface area (Å²) >= 11 is 0. The van der Waals surface area contributed by atoms with Crippen molar-refractivity contribution in [1.82, 2.24) is 15.0 Å². The number of anilines is 4. The number of alkyl halides is 3. The van der Waals surface area contributed by atoms with Gasteiger partial charge < -0.3 is 10.1 Å². The van der Waals surface area contributed by atoms with E-state index in [2.05, 4.69) is 20.3 Å². The zero-order chi connectivity index (χ0) is 27.9. The Hall–Kier alpha value is -4.81. The number of methoxy groups -OCH3 is 1. The molecular formula is C26H20F4N6O3. The van der Waals surface area contributed by atoms with Crippen LogP contribution in [0.5, 0.6) is 5.75 Å². The lowest BCUT2D eigenvalue weighted by Gasteiger charge is -2.19. The number of aryl methyl sites for hydroxylation is 1. The molecule has 0 spiro atoms. The summed E-state index contributed by atoms with van der Waals surface area (Å²) in [4.78, 5) is 39.6. The van der Waals surface area contributed by atoms with Gasteiger partial charge in [0.05, 0.1) is 41.1 Å². The minimum atomic E-state index is -4.65. The predicted molar refractivity (Wildman–Crippen MR) is 135 cm³/mol. The number of aromatic nitrogens is 3. The molecule has 2 aromatic heterocycles. The molecule has 1 N–H and O–H groups in total. The van der Waals surface area contributed by atoms with E-state index in [1.54, 1.807) is 18.2 Å². The maximum absolute atomic E-state index is 14.8. The summed E-state index contributed by atoms with van der Waals surface area (Å²) in [7, 11) is 1.42. The molecule has 0 radical (unpaired) electrons. The first-order valence-electron chi connectivity index (χ1n) is 11.7. The summed E-state index contributed by atoms with van der Waals surface area (Å²) in [5, 5.41) is 3.25. The molecule has 9 nitrogen and oxygen atoms in total. The molecule has 3 amide bonds. The van der Waals surface area contributed by atoms with E-state index >= 15 is 0 Å². The van der Waals surface area contributed by atoms with Gasteiger partial charge in [-0.1, -0.05) is 6.92 Å². The van der Waals surface area contributed by atoms with E-state index in [9.17, 15) is 27.2 Å². The van der Waals surface area contributed by atoms with Crippen LogP contribution in [-0.2, 0) is 17.4 Å². The maximum atomic E-state index is 14.8. The number of urea groups is 1. The number of rotatable bonds is 6. The third-order valence-electron chi connectivity index (χ3n) is 6.21. The Morgan fingerprint density at radius 3 is 2.56 bits per heavy atom. The topological polar surface area (TPSA) is 101 Å². The van der Waals surface area contributed by atoms with Gasteiger partial charge in [0.2, 0.25) is 0 Å². The van der Waals surface area contributed by atoms with Gasteiger partial charge in [0.15, 0.2) is 0 Å². The Balaban J connectivity index is 1.45. The summed E-state index contributed by atoms with van der Waals surface area (Å²) in [5.74, 6) is -0.685. The van der Waals surface area contributed by atoms with Crippen LogP contribution in [0.2, 0.25) is 0 Å². The number of amides is 3. The standard InChI is InChI=1S/C26H20F4N6O3/c1-3-14-6-16(36-22(37)12-35(25(36)38)17-7-15(10-31-11-17)26(28,29)30)4-5-20(14)34-24-23-19(27)8-18(39-2)9-21(23)32-13-33-24/h4-11,13H,3,12H2,1-2H3,(H,32,33,34). The van der Waals surface area contributed by atoms with Crippen molar-refractivity contribution in [2.75, 3.05) is 28.8 Å². The van der Waals surface area contributed by atoms with Crippen LogP contribution in [0.3, 0.4) is 0 Å². The van der Waals surface area contributed by atoms with E-state index < -0.39 is 36.0 Å². The lowest BCUT2D eigenvalue weighted by Crippen LogP contribution is -2.33. The van der Waals surface area contributed by atoms with E-state index in [1.165, 1.54) is 25.6 Å². The van der Waals surface area contributed by atoms with Gasteiger partial charge >= 0.3 is 12.2 Å². The number of carbonyl (C=O) groups excluding carboxylic acids is 2. The molecule has 2 aromatic carbocycles. The fourth-order valence-electron chi connectivity index (χ4n) is 4.28. The lowest BCUT2D eigenvalue weighted by molar-refractivity contribution is -0.137. The monoisotopic (exact) mass is 540 g/mol. The number of pyridine rings is 1. The maximum Gasteiger partial charge on any atom is 0.417 e. The number of hydrogen-bond acceptors (Lipinski definition) is 7. The van der Waals surface area contributed by atoms with Crippen LogP contribution >= 0.6 is 0 Å². The summed E-state index contributed by atoms with van der Waals surface area (Å²) < 4.78 is 59.3. The molecular weight excluding hydrogens is 520 g/mol. The third kappa shape index (κ3) is 4.78. The Labute approximate surface area is 219 Å². The second kappa shape index (κ2) is 9.82. The summed E-state index contributed by atoms with van der Waals surface area (Å²) in [6.45, 7) is 1.40. The van der Waals surface area contributed by atoms with Crippen molar-refractivity contribution in [3.8, 4) is 5.75 Å². The minimum absolute atomic E-state index is 0.144. The molecule has 0 aliphatic carbocycles. The first-order chi connectivity index (χ1) is 18.6. The number of halogens is 4. The number of fused-ring (bicyclic) bond motifs is 1. The van der Waals surface area contributed by atoms with E-state index in [0.717, 1.165) is 22.1 Å². The van der Waals surface area contributed by atoms with Crippen molar-refractivity contribution in [1.29, 1.82) is 0 Å². The van der Waals surface area contributed by atoms with Gasteiger partial charge in [0.1, 0.15) is 30.3 Å². The highest BCUT2D eigenvalue weighted by Gasteiger charge is 2.39. The average Bonchev–Trinajstić information content (AvgIpc) is 3.21. The minimum Gasteiger partial charge on any atom is -0.497 e. The molecule has 1 aliphatic rings. The number of hydrogen-bond donors (Lipinski definition) is 1. The van der Waals surface area contributed by atoms with Crippen LogP contribution in [-0.4, -0.2) is 40.5 Å². The number of nitrogens with zero attached hydrogens (tertiary/aromatic N) is 5. The normalized spacial score (nSPS) is 13.9. The first kappa shape index (κ1) is 25.8. The Kier molecular flexibility index (Phi) is 6.50. The molecule has 0 atom stereocenters. The van der Waals surface area contributed by atoms with Crippen molar-refractivity contribution >= 4 is 45.7 Å². The molecule has 0 unspecified atom stereocenters. The SMILES string of the molecule is CCc1cc(N2C(=O)CN(c3cncc(C(F)(F)F)c3)C2=O)ccc1Nc1ncnc2cc(OC)cc(F)c12. The van der Waals surface area contributed by atoms with Gasteiger partial charge in [-0.3, -0.25) is 14.7 Å². The summed E-state index contributed by atoms with van der Waals surface area (Å²) in [5.41, 5.74) is 0.612. The Morgan fingerprint density at radius 2 is 1.85 bits per heavy atom. The van der Waals surface area contributed by atoms with E-state index in [4.69, 9.17) is 4.74 Å². The third-order valence-corrected chi connectivity index (χ3v) is 6.21. The number of benzene rings is 2. The van der Waals surface area contributed by atoms with E-state index in [0.29, 0.717) is 35.1 Å². The van der Waals surface area contributed by atoms with E-state index in [-0.39, 0.29) is 22.6 Å². The lowest BCUT2D eigenvalue weighted by atomic mass is 10.1. The van der Waals surface area contributed by atoms with Crippen LogP contribution in [0.25, 0.3) is 10.9 Å². The number of imide groups is 1. The van der Waals surface area contributed by atoms with Gasteiger partial charge in [0.25, 0.3) is 5.91 Å². The van der Waals surface area contributed by atoms with Crippen LogP contribution in [0, 0.1) is 5.82 Å². The summed E-state index contributed by atoms with van der Waals surface area (Å²) in [6.07, 6.45) is -1.17. The second-order valence-electron chi connectivity index (χ2n) is 8.57. The van der Waals surface area contributed by atoms with Crippen LogP contribution < -0.4 is 19.9 Å². The van der Waals surface area contributed by atoms with Gasteiger partial charge in [-0.05, 0) is 36.2 Å².